The van der Waals surface area contributed by atoms with Crippen LogP contribution in [-0.4, -0.2) is 28.9 Å². The Hall–Kier alpha value is -2.30. The summed E-state index contributed by atoms with van der Waals surface area (Å²) in [5.41, 5.74) is 7.11. The van der Waals surface area contributed by atoms with Crippen molar-refractivity contribution in [2.75, 3.05) is 13.1 Å². The van der Waals surface area contributed by atoms with Crippen molar-refractivity contribution in [1.82, 2.24) is 9.88 Å². The average Bonchev–Trinajstić information content (AvgIpc) is 2.87. The van der Waals surface area contributed by atoms with Crippen LogP contribution in [0.15, 0.2) is 45.9 Å². The van der Waals surface area contributed by atoms with Crippen molar-refractivity contribution < 1.29 is 4.42 Å². The summed E-state index contributed by atoms with van der Waals surface area (Å²) >= 11 is 0. The molecule has 0 spiro atoms. The topological polar surface area (TPSA) is 67.6 Å². The molecular weight excluding hydrogens is 276 g/mol. The number of hydrogen-bond donors (Lipinski definition) is 1. The highest BCUT2D eigenvalue weighted by atomic mass is 16.4. The first-order valence-electron chi connectivity index (χ1n) is 7.88. The van der Waals surface area contributed by atoms with E-state index in [0.717, 1.165) is 24.4 Å². The molecule has 22 heavy (non-hydrogen) atoms. The number of oxazole rings is 1. The third-order valence-corrected chi connectivity index (χ3v) is 3.92. The van der Waals surface area contributed by atoms with Crippen LogP contribution in [0.3, 0.4) is 0 Å². The Morgan fingerprint density at radius 3 is 2.59 bits per heavy atom. The van der Waals surface area contributed by atoms with E-state index in [9.17, 15) is 0 Å². The Morgan fingerprint density at radius 2 is 1.86 bits per heavy atom. The summed E-state index contributed by atoms with van der Waals surface area (Å²) in [4.78, 5) is 10.9. The Balaban J connectivity index is 1.63. The van der Waals surface area contributed by atoms with Gasteiger partial charge in [0.05, 0.1) is 6.20 Å². The molecule has 2 N–H and O–H groups in total. The van der Waals surface area contributed by atoms with Crippen molar-refractivity contribution in [2.24, 2.45) is 10.7 Å². The Kier molecular flexibility index (Phi) is 4.73. The fourth-order valence-electron chi connectivity index (χ4n) is 2.67. The summed E-state index contributed by atoms with van der Waals surface area (Å²) < 4.78 is 5.74. The van der Waals surface area contributed by atoms with Gasteiger partial charge in [-0.15, -0.1) is 0 Å². The van der Waals surface area contributed by atoms with E-state index in [4.69, 9.17) is 10.2 Å². The molecule has 1 saturated heterocycles. The lowest BCUT2D eigenvalue weighted by molar-refractivity contribution is 0.426. The van der Waals surface area contributed by atoms with Gasteiger partial charge in [-0.25, -0.2) is 9.98 Å². The number of aromatic nitrogens is 1. The molecule has 5 heteroatoms. The van der Waals surface area contributed by atoms with Gasteiger partial charge in [-0.1, -0.05) is 43.2 Å². The van der Waals surface area contributed by atoms with Gasteiger partial charge in [-0.2, -0.15) is 0 Å². The van der Waals surface area contributed by atoms with E-state index in [1.807, 2.05) is 30.3 Å². The molecular formula is C17H22N4O. The molecule has 2 aromatic rings. The van der Waals surface area contributed by atoms with Crippen LogP contribution in [0.2, 0.25) is 0 Å². The molecule has 5 nitrogen and oxygen atoms in total. The number of guanidine groups is 1. The summed E-state index contributed by atoms with van der Waals surface area (Å²) in [6.07, 6.45) is 6.68. The highest BCUT2D eigenvalue weighted by molar-refractivity contribution is 5.78. The second kappa shape index (κ2) is 7.11. The lowest BCUT2D eigenvalue weighted by Crippen LogP contribution is -2.38. The molecule has 0 unspecified atom stereocenters. The van der Waals surface area contributed by atoms with Crippen molar-refractivity contribution in [3.05, 3.63) is 42.4 Å². The third kappa shape index (κ3) is 3.67. The Morgan fingerprint density at radius 1 is 1.14 bits per heavy atom. The molecule has 0 bridgehead atoms. The van der Waals surface area contributed by atoms with Gasteiger partial charge in [0.2, 0.25) is 5.89 Å². The van der Waals surface area contributed by atoms with Gasteiger partial charge in [0.15, 0.2) is 11.7 Å². The van der Waals surface area contributed by atoms with Crippen molar-refractivity contribution in [2.45, 2.75) is 32.2 Å². The normalized spacial score (nSPS) is 16.5. The third-order valence-electron chi connectivity index (χ3n) is 3.92. The second-order valence-corrected chi connectivity index (χ2v) is 5.56. The molecule has 0 amide bonds. The molecule has 2 heterocycles. The van der Waals surface area contributed by atoms with Gasteiger partial charge in [0.25, 0.3) is 0 Å². The van der Waals surface area contributed by atoms with E-state index >= 15 is 0 Å². The van der Waals surface area contributed by atoms with Crippen LogP contribution in [0, 0.1) is 0 Å². The number of rotatable bonds is 3. The summed E-state index contributed by atoms with van der Waals surface area (Å²) in [6.45, 7) is 2.38. The second-order valence-electron chi connectivity index (χ2n) is 5.56. The summed E-state index contributed by atoms with van der Waals surface area (Å²) in [5.74, 6) is 1.96. The highest BCUT2D eigenvalue weighted by Crippen LogP contribution is 2.20. The van der Waals surface area contributed by atoms with Gasteiger partial charge in [-0.05, 0) is 12.8 Å². The van der Waals surface area contributed by atoms with E-state index in [-0.39, 0.29) is 0 Å². The molecule has 0 saturated carbocycles. The lowest BCUT2D eigenvalue weighted by Gasteiger charge is -2.20. The van der Waals surface area contributed by atoms with Crippen molar-refractivity contribution in [1.29, 1.82) is 0 Å². The van der Waals surface area contributed by atoms with E-state index in [0.29, 0.717) is 18.4 Å². The Labute approximate surface area is 130 Å². The molecule has 1 aliphatic heterocycles. The number of benzene rings is 1. The minimum Gasteiger partial charge on any atom is -0.439 e. The zero-order chi connectivity index (χ0) is 15.2. The van der Waals surface area contributed by atoms with Crippen LogP contribution in [0.25, 0.3) is 11.3 Å². The maximum absolute atomic E-state index is 6.09. The molecule has 0 radical (unpaired) electrons. The minimum absolute atomic E-state index is 0.384. The van der Waals surface area contributed by atoms with Crippen LogP contribution in [0.4, 0.5) is 0 Å². The Bertz CT molecular complexity index is 613. The van der Waals surface area contributed by atoms with E-state index in [1.54, 1.807) is 6.20 Å². The number of likely N-dealkylation sites (tertiary alicyclic amines) is 1. The quantitative estimate of drug-likeness (QED) is 0.698. The molecule has 0 aliphatic carbocycles. The van der Waals surface area contributed by atoms with Crippen LogP contribution in [-0.2, 0) is 6.54 Å². The molecule has 0 atom stereocenters. The molecule has 1 aromatic heterocycles. The number of nitrogens with zero attached hydrogens (tertiary/aromatic N) is 3. The SMILES string of the molecule is NC(=NCc1ncc(-c2ccccc2)o1)N1CCCCCC1. The predicted molar refractivity (Wildman–Crippen MR) is 87.3 cm³/mol. The molecule has 3 rings (SSSR count). The van der Waals surface area contributed by atoms with Crippen molar-refractivity contribution in [3.63, 3.8) is 0 Å². The zero-order valence-electron chi connectivity index (χ0n) is 12.7. The standard InChI is InChI=1S/C17H22N4O/c18-17(21-10-6-1-2-7-11-21)20-13-16-19-12-15(22-16)14-8-4-3-5-9-14/h3-5,8-9,12H,1-2,6-7,10-11,13H2,(H2,18,20). The largest absolute Gasteiger partial charge is 0.439 e. The molecule has 116 valence electrons. The van der Waals surface area contributed by atoms with Gasteiger partial charge in [-0.3, -0.25) is 0 Å². The monoisotopic (exact) mass is 298 g/mol. The summed E-state index contributed by atoms with van der Waals surface area (Å²) in [5, 5.41) is 0. The van der Waals surface area contributed by atoms with Crippen LogP contribution in [0.5, 0.6) is 0 Å². The fourth-order valence-corrected chi connectivity index (χ4v) is 2.67. The van der Waals surface area contributed by atoms with Gasteiger partial charge in [0, 0.05) is 18.7 Å². The van der Waals surface area contributed by atoms with Crippen molar-refractivity contribution >= 4 is 5.96 Å². The number of hydrogen-bond acceptors (Lipinski definition) is 3. The first-order chi connectivity index (χ1) is 10.8. The van der Waals surface area contributed by atoms with Crippen LogP contribution < -0.4 is 5.73 Å². The lowest BCUT2D eigenvalue weighted by atomic mass is 10.2. The molecule has 1 aliphatic rings. The predicted octanol–water partition coefficient (Wildman–Crippen LogP) is 3.03. The molecule has 1 aromatic carbocycles. The van der Waals surface area contributed by atoms with E-state index < -0.39 is 0 Å². The smallest absolute Gasteiger partial charge is 0.216 e. The summed E-state index contributed by atoms with van der Waals surface area (Å²) in [6, 6.07) is 9.94. The minimum atomic E-state index is 0.384. The first-order valence-corrected chi connectivity index (χ1v) is 7.88. The van der Waals surface area contributed by atoms with Gasteiger partial charge < -0.3 is 15.1 Å². The summed E-state index contributed by atoms with van der Waals surface area (Å²) in [7, 11) is 0. The fraction of sp³-hybridized carbons (Fsp3) is 0.412. The van der Waals surface area contributed by atoms with Crippen LogP contribution in [0.1, 0.15) is 31.6 Å². The van der Waals surface area contributed by atoms with E-state index in [2.05, 4.69) is 14.9 Å². The molecule has 1 fully saturated rings. The van der Waals surface area contributed by atoms with Crippen LogP contribution >= 0.6 is 0 Å². The van der Waals surface area contributed by atoms with Gasteiger partial charge in [0.1, 0.15) is 6.54 Å². The maximum atomic E-state index is 6.09. The average molecular weight is 298 g/mol. The first kappa shape index (κ1) is 14.6. The van der Waals surface area contributed by atoms with Crippen molar-refractivity contribution in [3.8, 4) is 11.3 Å². The highest BCUT2D eigenvalue weighted by Gasteiger charge is 2.11. The van der Waals surface area contributed by atoms with E-state index in [1.165, 1.54) is 25.7 Å². The zero-order valence-corrected chi connectivity index (χ0v) is 12.7. The number of nitrogens with two attached hydrogens (primary N) is 1. The maximum Gasteiger partial charge on any atom is 0.216 e. The van der Waals surface area contributed by atoms with Gasteiger partial charge >= 0.3 is 0 Å². The number of aliphatic imine (C=N–C) groups is 1.